The van der Waals surface area contributed by atoms with Crippen LogP contribution in [0.4, 0.5) is 0 Å². The van der Waals surface area contributed by atoms with Crippen LogP contribution in [0.2, 0.25) is 5.02 Å². The van der Waals surface area contributed by atoms with Gasteiger partial charge in [0, 0.05) is 17.1 Å². The highest BCUT2D eigenvalue weighted by molar-refractivity contribution is 7.71. The van der Waals surface area contributed by atoms with Crippen molar-refractivity contribution in [2.24, 2.45) is 0 Å². The maximum Gasteiger partial charge on any atom is 0.199 e. The van der Waals surface area contributed by atoms with Crippen molar-refractivity contribution >= 4 is 23.8 Å². The molecule has 0 radical (unpaired) electrons. The largest absolute Gasteiger partial charge is 0.496 e. The van der Waals surface area contributed by atoms with Crippen LogP contribution in [0.15, 0.2) is 48.5 Å². The third-order valence-electron chi connectivity index (χ3n) is 4.35. The number of ether oxygens (including phenoxy) is 1. The first kappa shape index (κ1) is 19.6. The summed E-state index contributed by atoms with van der Waals surface area (Å²) in [7, 11) is 3.69. The van der Waals surface area contributed by atoms with E-state index < -0.39 is 0 Å². The smallest absolute Gasteiger partial charge is 0.199 e. The number of hydrogen-bond acceptors (Lipinski definition) is 4. The number of rotatable bonds is 7. The van der Waals surface area contributed by atoms with E-state index in [9.17, 15) is 0 Å². The Bertz CT molecular complexity index is 968. The van der Waals surface area contributed by atoms with Gasteiger partial charge in [-0.2, -0.15) is 5.10 Å². The van der Waals surface area contributed by atoms with Crippen LogP contribution in [0.1, 0.15) is 17.0 Å². The van der Waals surface area contributed by atoms with E-state index in [0.29, 0.717) is 23.0 Å². The lowest BCUT2D eigenvalue weighted by Gasteiger charge is -2.18. The molecule has 0 fully saturated rings. The molecule has 0 aliphatic heterocycles. The average Bonchev–Trinajstić information content (AvgIpc) is 2.90. The third kappa shape index (κ3) is 4.77. The van der Waals surface area contributed by atoms with E-state index in [2.05, 4.69) is 26.7 Å². The fraction of sp³-hybridized carbons (Fsp3) is 0.300. The zero-order chi connectivity index (χ0) is 19.4. The van der Waals surface area contributed by atoms with Gasteiger partial charge in [-0.05, 0) is 50.0 Å². The lowest BCUT2D eigenvalue weighted by molar-refractivity contribution is 0.240. The van der Waals surface area contributed by atoms with Crippen molar-refractivity contribution in [1.29, 1.82) is 0 Å². The molecule has 1 aromatic heterocycles. The molecule has 142 valence electrons. The van der Waals surface area contributed by atoms with E-state index in [1.165, 1.54) is 5.56 Å². The molecule has 0 atom stereocenters. The van der Waals surface area contributed by atoms with Gasteiger partial charge in [0.15, 0.2) is 4.77 Å². The number of methoxy groups -OCH3 is 1. The summed E-state index contributed by atoms with van der Waals surface area (Å²) in [4.78, 5) is 2.13. The summed E-state index contributed by atoms with van der Waals surface area (Å²) < 4.78 is 10.0. The Kier molecular flexibility index (Phi) is 6.31. The SMILES string of the molecule is COc1ccc(Cl)cc1CN(C)Cn1nc(C)n(Cc2ccccc2)c1=S. The first-order valence-corrected chi connectivity index (χ1v) is 9.45. The molecule has 0 bridgehead atoms. The molecule has 0 aliphatic rings. The van der Waals surface area contributed by atoms with Crippen molar-refractivity contribution in [2.45, 2.75) is 26.7 Å². The van der Waals surface area contributed by atoms with Gasteiger partial charge in [0.2, 0.25) is 0 Å². The predicted octanol–water partition coefficient (Wildman–Crippen LogP) is 4.52. The Balaban J connectivity index is 1.75. The zero-order valence-corrected chi connectivity index (χ0v) is 17.3. The maximum atomic E-state index is 6.13. The van der Waals surface area contributed by atoms with E-state index in [1.807, 2.05) is 55.1 Å². The van der Waals surface area contributed by atoms with Gasteiger partial charge in [-0.25, -0.2) is 4.68 Å². The molecule has 1 heterocycles. The summed E-state index contributed by atoms with van der Waals surface area (Å²) in [5.41, 5.74) is 2.23. The second-order valence-electron chi connectivity index (χ2n) is 6.51. The van der Waals surface area contributed by atoms with Gasteiger partial charge >= 0.3 is 0 Å². The fourth-order valence-electron chi connectivity index (χ4n) is 3.03. The number of benzene rings is 2. The molecule has 0 spiro atoms. The second-order valence-corrected chi connectivity index (χ2v) is 7.31. The normalized spacial score (nSPS) is 11.1. The number of halogens is 1. The Morgan fingerprint density at radius 3 is 2.63 bits per heavy atom. The second kappa shape index (κ2) is 8.69. The van der Waals surface area contributed by atoms with Gasteiger partial charge in [-0.1, -0.05) is 41.9 Å². The standard InChI is InChI=1S/C20H23ClN4OS/c1-15-22-25(20(27)24(15)12-16-7-5-4-6-8-16)14-23(2)13-17-11-18(21)9-10-19(17)26-3/h4-11H,12-14H2,1-3H3. The van der Waals surface area contributed by atoms with Gasteiger partial charge in [-0.3, -0.25) is 9.47 Å². The van der Waals surface area contributed by atoms with Crippen molar-refractivity contribution < 1.29 is 4.74 Å². The molecule has 0 amide bonds. The summed E-state index contributed by atoms with van der Waals surface area (Å²) in [5.74, 6) is 1.72. The molecule has 7 heteroatoms. The summed E-state index contributed by atoms with van der Waals surface area (Å²) in [6, 6.07) is 15.9. The molecule has 3 rings (SSSR count). The summed E-state index contributed by atoms with van der Waals surface area (Å²) >= 11 is 11.8. The summed E-state index contributed by atoms with van der Waals surface area (Å²) in [5, 5.41) is 5.32. The van der Waals surface area contributed by atoms with Crippen LogP contribution in [0.25, 0.3) is 0 Å². The first-order chi connectivity index (χ1) is 13.0. The van der Waals surface area contributed by atoms with Crippen molar-refractivity contribution in [3.05, 3.63) is 75.3 Å². The molecule has 0 saturated carbocycles. The highest BCUT2D eigenvalue weighted by Gasteiger charge is 2.12. The van der Waals surface area contributed by atoms with Crippen molar-refractivity contribution in [3.63, 3.8) is 0 Å². The van der Waals surface area contributed by atoms with Crippen LogP contribution < -0.4 is 4.74 Å². The Labute approximate surface area is 169 Å². The Morgan fingerprint density at radius 2 is 1.93 bits per heavy atom. The van der Waals surface area contributed by atoms with Crippen LogP contribution in [0, 0.1) is 11.7 Å². The lowest BCUT2D eigenvalue weighted by Crippen LogP contribution is -2.23. The molecule has 0 unspecified atom stereocenters. The van der Waals surface area contributed by atoms with Crippen LogP contribution in [-0.4, -0.2) is 33.4 Å². The molecular weight excluding hydrogens is 380 g/mol. The van der Waals surface area contributed by atoms with Gasteiger partial charge in [0.25, 0.3) is 0 Å². The van der Waals surface area contributed by atoms with Crippen molar-refractivity contribution in [1.82, 2.24) is 19.2 Å². The minimum absolute atomic E-state index is 0.580. The third-order valence-corrected chi connectivity index (χ3v) is 5.02. The lowest BCUT2D eigenvalue weighted by atomic mass is 10.2. The van der Waals surface area contributed by atoms with Gasteiger partial charge < -0.3 is 4.74 Å². The summed E-state index contributed by atoms with van der Waals surface area (Å²) in [6.45, 7) is 3.96. The average molecular weight is 403 g/mol. The minimum atomic E-state index is 0.580. The molecule has 0 N–H and O–H groups in total. The number of hydrogen-bond donors (Lipinski definition) is 0. The Hall–Kier alpha value is -2.15. The molecular formula is C20H23ClN4OS. The Morgan fingerprint density at radius 1 is 1.19 bits per heavy atom. The van der Waals surface area contributed by atoms with Crippen LogP contribution in [-0.2, 0) is 19.8 Å². The highest BCUT2D eigenvalue weighted by atomic mass is 35.5. The minimum Gasteiger partial charge on any atom is -0.496 e. The first-order valence-electron chi connectivity index (χ1n) is 8.67. The van der Waals surface area contributed by atoms with E-state index in [4.69, 9.17) is 28.6 Å². The van der Waals surface area contributed by atoms with E-state index in [-0.39, 0.29) is 0 Å². The van der Waals surface area contributed by atoms with E-state index in [0.717, 1.165) is 23.7 Å². The van der Waals surface area contributed by atoms with Gasteiger partial charge in [-0.15, -0.1) is 0 Å². The van der Waals surface area contributed by atoms with E-state index >= 15 is 0 Å². The van der Waals surface area contributed by atoms with Crippen molar-refractivity contribution in [2.75, 3.05) is 14.2 Å². The molecule has 5 nitrogen and oxygen atoms in total. The highest BCUT2D eigenvalue weighted by Crippen LogP contribution is 2.24. The molecule has 3 aromatic rings. The predicted molar refractivity (Wildman–Crippen MR) is 111 cm³/mol. The van der Waals surface area contributed by atoms with Crippen molar-refractivity contribution in [3.8, 4) is 5.75 Å². The molecule has 0 saturated heterocycles. The topological polar surface area (TPSA) is 35.2 Å². The summed E-state index contributed by atoms with van der Waals surface area (Å²) in [6.07, 6.45) is 0. The number of nitrogens with zero attached hydrogens (tertiary/aromatic N) is 4. The van der Waals surface area contributed by atoms with Crippen LogP contribution in [0.5, 0.6) is 5.75 Å². The quantitative estimate of drug-likeness (QED) is 0.544. The van der Waals surface area contributed by atoms with E-state index in [1.54, 1.807) is 7.11 Å². The molecule has 2 aromatic carbocycles. The number of aromatic nitrogens is 3. The fourth-order valence-corrected chi connectivity index (χ4v) is 3.52. The van der Waals surface area contributed by atoms with Crippen LogP contribution in [0.3, 0.4) is 0 Å². The van der Waals surface area contributed by atoms with Crippen LogP contribution >= 0.6 is 23.8 Å². The maximum absolute atomic E-state index is 6.13. The van der Waals surface area contributed by atoms with Gasteiger partial charge in [0.05, 0.1) is 20.3 Å². The zero-order valence-electron chi connectivity index (χ0n) is 15.7. The molecule has 27 heavy (non-hydrogen) atoms. The monoisotopic (exact) mass is 402 g/mol. The number of aryl methyl sites for hydroxylation is 1. The molecule has 0 aliphatic carbocycles. The van der Waals surface area contributed by atoms with Gasteiger partial charge in [0.1, 0.15) is 11.6 Å².